The van der Waals surface area contributed by atoms with Gasteiger partial charge in [0.2, 0.25) is 0 Å². The molecule has 0 heterocycles. The lowest BCUT2D eigenvalue weighted by Gasteiger charge is -2.09. The van der Waals surface area contributed by atoms with E-state index < -0.39 is 0 Å². The summed E-state index contributed by atoms with van der Waals surface area (Å²) in [5.74, 6) is -0.532. The minimum atomic E-state index is -0.389. The van der Waals surface area contributed by atoms with Crippen LogP contribution in [0, 0.1) is 26.6 Å². The molecule has 2 rings (SSSR count). The number of rotatable bonds is 2. The van der Waals surface area contributed by atoms with Crippen LogP contribution in [0.5, 0.6) is 0 Å². The lowest BCUT2D eigenvalue weighted by molar-refractivity contribution is 0.103. The van der Waals surface area contributed by atoms with Crippen molar-refractivity contribution in [1.29, 1.82) is 0 Å². The average molecular weight is 321 g/mol. The Morgan fingerprint density at radius 3 is 2.16 bits per heavy atom. The molecule has 0 bridgehead atoms. The Bertz CT molecular complexity index is 639. The van der Waals surface area contributed by atoms with Crippen molar-refractivity contribution in [2.45, 2.75) is 20.8 Å². The third kappa shape index (κ3) is 2.76. The summed E-state index contributed by atoms with van der Waals surface area (Å²) < 4.78 is 14.3. The number of halogens is 2. The van der Waals surface area contributed by atoms with Crippen molar-refractivity contribution in [2.24, 2.45) is 0 Å². The SMILES string of the molecule is Cc1ccc(F)cc1C(=O)c1cc(C)c(Br)c(C)c1. The predicted molar refractivity (Wildman–Crippen MR) is 78.2 cm³/mol. The van der Waals surface area contributed by atoms with Crippen LogP contribution < -0.4 is 0 Å². The van der Waals surface area contributed by atoms with Gasteiger partial charge in [-0.15, -0.1) is 0 Å². The van der Waals surface area contributed by atoms with Crippen LogP contribution >= 0.6 is 15.9 Å². The maximum atomic E-state index is 13.3. The molecule has 19 heavy (non-hydrogen) atoms. The van der Waals surface area contributed by atoms with Gasteiger partial charge in [-0.25, -0.2) is 4.39 Å². The molecule has 2 aromatic rings. The number of hydrogen-bond donors (Lipinski definition) is 0. The van der Waals surface area contributed by atoms with E-state index in [1.807, 2.05) is 32.9 Å². The molecule has 3 heteroatoms. The van der Waals surface area contributed by atoms with Gasteiger partial charge >= 0.3 is 0 Å². The summed E-state index contributed by atoms with van der Waals surface area (Å²) in [4.78, 5) is 12.5. The van der Waals surface area contributed by atoms with Gasteiger partial charge in [-0.2, -0.15) is 0 Å². The Hall–Kier alpha value is -1.48. The Morgan fingerprint density at radius 2 is 1.58 bits per heavy atom. The van der Waals surface area contributed by atoms with Crippen LogP contribution in [-0.4, -0.2) is 5.78 Å². The average Bonchev–Trinajstić information content (AvgIpc) is 2.37. The molecule has 0 aliphatic rings. The molecule has 0 amide bonds. The van der Waals surface area contributed by atoms with Gasteiger partial charge in [0.25, 0.3) is 0 Å². The molecule has 0 aliphatic heterocycles. The normalized spacial score (nSPS) is 10.6. The molecule has 0 saturated heterocycles. The number of hydrogen-bond acceptors (Lipinski definition) is 1. The van der Waals surface area contributed by atoms with Crippen molar-refractivity contribution in [3.05, 3.63) is 68.4 Å². The van der Waals surface area contributed by atoms with Gasteiger partial charge in [-0.1, -0.05) is 22.0 Å². The highest BCUT2D eigenvalue weighted by molar-refractivity contribution is 9.10. The highest BCUT2D eigenvalue weighted by Gasteiger charge is 2.14. The van der Waals surface area contributed by atoms with Crippen LogP contribution in [0.1, 0.15) is 32.6 Å². The number of carbonyl (C=O) groups is 1. The highest BCUT2D eigenvalue weighted by Crippen LogP contribution is 2.24. The first-order chi connectivity index (χ1) is 8.90. The number of aryl methyl sites for hydroxylation is 3. The summed E-state index contributed by atoms with van der Waals surface area (Å²) in [6.07, 6.45) is 0. The van der Waals surface area contributed by atoms with Crippen LogP contribution in [0.4, 0.5) is 4.39 Å². The molecule has 0 N–H and O–H groups in total. The summed E-state index contributed by atoms with van der Waals surface area (Å²) in [7, 11) is 0. The summed E-state index contributed by atoms with van der Waals surface area (Å²) in [6, 6.07) is 7.93. The topological polar surface area (TPSA) is 17.1 Å². The maximum Gasteiger partial charge on any atom is 0.193 e. The molecule has 0 aromatic heterocycles. The minimum Gasteiger partial charge on any atom is -0.289 e. The van der Waals surface area contributed by atoms with Crippen LogP contribution in [0.15, 0.2) is 34.8 Å². The van der Waals surface area contributed by atoms with Crippen LogP contribution in [0.3, 0.4) is 0 Å². The highest BCUT2D eigenvalue weighted by atomic mass is 79.9. The van der Waals surface area contributed by atoms with Gasteiger partial charge in [0.05, 0.1) is 0 Å². The van der Waals surface area contributed by atoms with Gasteiger partial charge in [-0.3, -0.25) is 4.79 Å². The lowest BCUT2D eigenvalue weighted by atomic mass is 9.96. The molecule has 0 spiro atoms. The fraction of sp³-hybridized carbons (Fsp3) is 0.188. The molecular weight excluding hydrogens is 307 g/mol. The minimum absolute atomic E-state index is 0.143. The zero-order valence-corrected chi connectivity index (χ0v) is 12.6. The van der Waals surface area contributed by atoms with E-state index in [4.69, 9.17) is 0 Å². The van der Waals surface area contributed by atoms with E-state index in [0.717, 1.165) is 21.2 Å². The van der Waals surface area contributed by atoms with E-state index in [9.17, 15) is 9.18 Å². The molecule has 2 aromatic carbocycles. The largest absolute Gasteiger partial charge is 0.289 e. The fourth-order valence-electron chi connectivity index (χ4n) is 2.07. The quantitative estimate of drug-likeness (QED) is 0.730. The van der Waals surface area contributed by atoms with Gasteiger partial charge in [0.15, 0.2) is 5.78 Å². The first-order valence-electron chi connectivity index (χ1n) is 5.97. The van der Waals surface area contributed by atoms with Crippen molar-refractivity contribution in [1.82, 2.24) is 0 Å². The van der Waals surface area contributed by atoms with Crippen LogP contribution in [0.2, 0.25) is 0 Å². The zero-order chi connectivity index (χ0) is 14.2. The smallest absolute Gasteiger partial charge is 0.193 e. The second-order valence-electron chi connectivity index (χ2n) is 4.71. The predicted octanol–water partition coefficient (Wildman–Crippen LogP) is 4.74. The summed E-state index contributed by atoms with van der Waals surface area (Å²) in [5, 5.41) is 0. The first kappa shape index (κ1) is 13.9. The Labute approximate surface area is 120 Å². The molecule has 0 radical (unpaired) electrons. The third-order valence-corrected chi connectivity index (χ3v) is 4.39. The molecule has 0 aliphatic carbocycles. The Balaban J connectivity index is 2.53. The van der Waals surface area contributed by atoms with Crippen molar-refractivity contribution >= 4 is 21.7 Å². The van der Waals surface area contributed by atoms with E-state index >= 15 is 0 Å². The van der Waals surface area contributed by atoms with Crippen molar-refractivity contribution in [3.8, 4) is 0 Å². The summed E-state index contributed by atoms with van der Waals surface area (Å²) in [6.45, 7) is 5.68. The fourth-order valence-corrected chi connectivity index (χ4v) is 2.30. The van der Waals surface area contributed by atoms with Crippen LogP contribution in [-0.2, 0) is 0 Å². The second-order valence-corrected chi connectivity index (χ2v) is 5.51. The van der Waals surface area contributed by atoms with Gasteiger partial charge < -0.3 is 0 Å². The second kappa shape index (κ2) is 5.25. The zero-order valence-electron chi connectivity index (χ0n) is 11.1. The maximum absolute atomic E-state index is 13.3. The van der Waals surface area contributed by atoms with Gasteiger partial charge in [0.1, 0.15) is 5.82 Å². The number of benzene rings is 2. The number of carbonyl (C=O) groups excluding carboxylic acids is 1. The van der Waals surface area contributed by atoms with E-state index in [1.165, 1.54) is 12.1 Å². The molecule has 0 saturated carbocycles. The number of ketones is 1. The molecule has 0 unspecified atom stereocenters. The van der Waals surface area contributed by atoms with E-state index in [1.54, 1.807) is 6.07 Å². The van der Waals surface area contributed by atoms with E-state index in [-0.39, 0.29) is 11.6 Å². The molecule has 0 atom stereocenters. The van der Waals surface area contributed by atoms with E-state index in [2.05, 4.69) is 15.9 Å². The van der Waals surface area contributed by atoms with Crippen molar-refractivity contribution in [3.63, 3.8) is 0 Å². The molecule has 0 fully saturated rings. The molecule has 1 nitrogen and oxygen atoms in total. The van der Waals surface area contributed by atoms with E-state index in [0.29, 0.717) is 11.1 Å². The Kier molecular flexibility index (Phi) is 3.85. The molecular formula is C16H14BrFO. The molecule has 98 valence electrons. The third-order valence-electron chi connectivity index (χ3n) is 3.14. The Morgan fingerprint density at radius 1 is 1.00 bits per heavy atom. The van der Waals surface area contributed by atoms with Crippen molar-refractivity contribution in [2.75, 3.05) is 0 Å². The van der Waals surface area contributed by atoms with Gasteiger partial charge in [0, 0.05) is 15.6 Å². The lowest BCUT2D eigenvalue weighted by Crippen LogP contribution is -2.05. The first-order valence-corrected chi connectivity index (χ1v) is 6.77. The van der Waals surface area contributed by atoms with Gasteiger partial charge in [-0.05, 0) is 61.7 Å². The standard InChI is InChI=1S/C16H14BrFO/c1-9-4-5-13(18)8-14(9)16(19)12-6-10(2)15(17)11(3)7-12/h4-8H,1-3H3. The van der Waals surface area contributed by atoms with Crippen molar-refractivity contribution < 1.29 is 9.18 Å². The summed E-state index contributed by atoms with van der Waals surface area (Å²) in [5.41, 5.74) is 3.78. The van der Waals surface area contributed by atoms with Crippen LogP contribution in [0.25, 0.3) is 0 Å². The monoisotopic (exact) mass is 320 g/mol. The summed E-state index contributed by atoms with van der Waals surface area (Å²) >= 11 is 3.47.